The third-order valence-electron chi connectivity index (χ3n) is 4.31. The van der Waals surface area contributed by atoms with Crippen LogP contribution < -0.4 is 0 Å². The van der Waals surface area contributed by atoms with Gasteiger partial charge >= 0.3 is 0 Å². The predicted molar refractivity (Wildman–Crippen MR) is 66.9 cm³/mol. The molecule has 0 aromatic carbocycles. The Morgan fingerprint density at radius 2 is 1.73 bits per heavy atom. The topological polar surface area (TPSA) is 3.24 Å². The number of nitrogens with zero attached hydrogens (tertiary/aromatic N) is 2. The first-order chi connectivity index (χ1) is 6.93. The first-order valence-electron chi connectivity index (χ1n) is 6.41. The molecule has 0 aliphatic heterocycles. The Labute approximate surface area is 95.8 Å². The molecule has 1 saturated carbocycles. The van der Waals surface area contributed by atoms with Crippen molar-refractivity contribution in [2.45, 2.75) is 38.6 Å². The van der Waals surface area contributed by atoms with Crippen LogP contribution in [-0.4, -0.2) is 56.7 Å². The van der Waals surface area contributed by atoms with Gasteiger partial charge in [-0.1, -0.05) is 12.8 Å². The van der Waals surface area contributed by atoms with Crippen LogP contribution >= 0.6 is 0 Å². The van der Waals surface area contributed by atoms with Crippen molar-refractivity contribution in [1.82, 2.24) is 4.90 Å². The van der Waals surface area contributed by atoms with Gasteiger partial charge in [-0.05, 0) is 33.9 Å². The van der Waals surface area contributed by atoms with Gasteiger partial charge in [0, 0.05) is 12.5 Å². The van der Waals surface area contributed by atoms with E-state index in [9.17, 15) is 0 Å². The van der Waals surface area contributed by atoms with Crippen molar-refractivity contribution in [3.8, 4) is 0 Å². The Hall–Kier alpha value is -0.0800. The minimum atomic E-state index is 0.826. The molecule has 0 aromatic rings. The smallest absolute Gasteiger partial charge is 0.0913 e. The van der Waals surface area contributed by atoms with Crippen molar-refractivity contribution < 1.29 is 4.48 Å². The van der Waals surface area contributed by atoms with E-state index in [-0.39, 0.29) is 0 Å². The second kappa shape index (κ2) is 5.31. The first-order valence-corrected chi connectivity index (χ1v) is 6.41. The summed E-state index contributed by atoms with van der Waals surface area (Å²) in [5.41, 5.74) is 0. The van der Waals surface area contributed by atoms with E-state index in [1.165, 1.54) is 43.3 Å². The first kappa shape index (κ1) is 13.0. The Balaban J connectivity index is 2.43. The van der Waals surface area contributed by atoms with Crippen molar-refractivity contribution >= 4 is 0 Å². The van der Waals surface area contributed by atoms with Crippen LogP contribution in [0.2, 0.25) is 0 Å². The van der Waals surface area contributed by atoms with Gasteiger partial charge in [0.1, 0.15) is 0 Å². The molecule has 1 aliphatic rings. The second-order valence-corrected chi connectivity index (χ2v) is 6.09. The molecule has 1 rings (SSSR count). The number of likely N-dealkylation sites (N-methyl/N-ethyl adjacent to an activating group) is 2. The molecule has 2 heteroatoms. The summed E-state index contributed by atoms with van der Waals surface area (Å²) in [6.45, 7) is 4.92. The number of quaternary nitrogens is 1. The lowest BCUT2D eigenvalue weighted by Crippen LogP contribution is -2.53. The number of hydrogen-bond donors (Lipinski definition) is 0. The molecular weight excluding hydrogens is 184 g/mol. The molecule has 1 atom stereocenters. The van der Waals surface area contributed by atoms with Gasteiger partial charge < -0.3 is 9.38 Å². The third-order valence-corrected chi connectivity index (χ3v) is 4.31. The van der Waals surface area contributed by atoms with Crippen molar-refractivity contribution in [2.75, 3.05) is 41.3 Å². The van der Waals surface area contributed by atoms with Crippen LogP contribution in [-0.2, 0) is 0 Å². The molecule has 0 unspecified atom stereocenters. The van der Waals surface area contributed by atoms with Gasteiger partial charge in [-0.25, -0.2) is 0 Å². The van der Waals surface area contributed by atoms with Crippen LogP contribution in [0.25, 0.3) is 0 Å². The SMILES string of the molecule is C[C@H](C1CCCC1)[N+](C)(C)CCN(C)C. The molecule has 15 heavy (non-hydrogen) atoms. The summed E-state index contributed by atoms with van der Waals surface area (Å²) in [7, 11) is 9.12. The summed E-state index contributed by atoms with van der Waals surface area (Å²) in [5, 5.41) is 0. The zero-order valence-electron chi connectivity index (χ0n) is 11.3. The maximum Gasteiger partial charge on any atom is 0.0913 e. The predicted octanol–water partition coefficient (Wildman–Crippen LogP) is 2.20. The average molecular weight is 213 g/mol. The molecule has 0 saturated heterocycles. The van der Waals surface area contributed by atoms with Crippen LogP contribution in [0, 0.1) is 5.92 Å². The van der Waals surface area contributed by atoms with E-state index in [0.717, 1.165) is 12.0 Å². The summed E-state index contributed by atoms with van der Waals surface area (Å²) in [4.78, 5) is 2.29. The Kier molecular flexibility index (Phi) is 4.60. The lowest BCUT2D eigenvalue weighted by molar-refractivity contribution is -0.916. The Morgan fingerprint density at radius 1 is 1.20 bits per heavy atom. The highest BCUT2D eigenvalue weighted by Gasteiger charge is 2.33. The largest absolute Gasteiger partial charge is 0.325 e. The van der Waals surface area contributed by atoms with Crippen LogP contribution in [0.5, 0.6) is 0 Å². The van der Waals surface area contributed by atoms with Crippen LogP contribution in [0.4, 0.5) is 0 Å². The lowest BCUT2D eigenvalue weighted by atomic mass is 9.97. The molecule has 0 aromatic heterocycles. The summed E-state index contributed by atoms with van der Waals surface area (Å²) in [5.74, 6) is 0.974. The van der Waals surface area contributed by atoms with Gasteiger partial charge in [-0.3, -0.25) is 0 Å². The highest BCUT2D eigenvalue weighted by molar-refractivity contribution is 4.73. The minimum absolute atomic E-state index is 0.826. The van der Waals surface area contributed by atoms with E-state index in [1.807, 2.05) is 0 Å². The standard InChI is InChI=1S/C13H29N2/c1-12(13-8-6-7-9-13)15(4,5)11-10-14(2)3/h12-13H,6-11H2,1-5H3/q+1/t12-/m1/s1. The molecule has 1 fully saturated rings. The fourth-order valence-corrected chi connectivity index (χ4v) is 2.67. The monoisotopic (exact) mass is 213 g/mol. The van der Waals surface area contributed by atoms with Gasteiger partial charge in [-0.15, -0.1) is 0 Å². The summed E-state index contributed by atoms with van der Waals surface area (Å²) >= 11 is 0. The highest BCUT2D eigenvalue weighted by atomic mass is 15.3. The normalized spacial score (nSPS) is 21.2. The van der Waals surface area contributed by atoms with E-state index < -0.39 is 0 Å². The highest BCUT2D eigenvalue weighted by Crippen LogP contribution is 2.31. The van der Waals surface area contributed by atoms with Crippen molar-refractivity contribution in [2.24, 2.45) is 5.92 Å². The maximum atomic E-state index is 2.45. The fourth-order valence-electron chi connectivity index (χ4n) is 2.67. The quantitative estimate of drug-likeness (QED) is 0.633. The molecule has 2 nitrogen and oxygen atoms in total. The van der Waals surface area contributed by atoms with E-state index >= 15 is 0 Å². The van der Waals surface area contributed by atoms with Crippen molar-refractivity contribution in [3.05, 3.63) is 0 Å². The van der Waals surface area contributed by atoms with Crippen LogP contribution in [0.15, 0.2) is 0 Å². The molecule has 90 valence electrons. The minimum Gasteiger partial charge on any atom is -0.325 e. The molecule has 0 amide bonds. The fraction of sp³-hybridized carbons (Fsp3) is 1.00. The second-order valence-electron chi connectivity index (χ2n) is 6.09. The molecule has 1 aliphatic carbocycles. The van der Waals surface area contributed by atoms with Crippen LogP contribution in [0.1, 0.15) is 32.6 Å². The Bertz CT molecular complexity index is 181. The molecule has 0 spiro atoms. The van der Waals surface area contributed by atoms with Gasteiger partial charge in [0.15, 0.2) is 0 Å². The van der Waals surface area contributed by atoms with E-state index in [2.05, 4.69) is 40.0 Å². The maximum absolute atomic E-state index is 2.45. The summed E-state index contributed by atoms with van der Waals surface area (Å²) < 4.78 is 1.18. The zero-order chi connectivity index (χ0) is 11.5. The van der Waals surface area contributed by atoms with Gasteiger partial charge in [0.2, 0.25) is 0 Å². The zero-order valence-corrected chi connectivity index (χ0v) is 11.3. The van der Waals surface area contributed by atoms with E-state index in [4.69, 9.17) is 0 Å². The van der Waals surface area contributed by atoms with E-state index in [0.29, 0.717) is 0 Å². The van der Waals surface area contributed by atoms with Crippen LogP contribution in [0.3, 0.4) is 0 Å². The number of rotatable bonds is 5. The number of hydrogen-bond acceptors (Lipinski definition) is 1. The lowest BCUT2D eigenvalue weighted by Gasteiger charge is -2.40. The third kappa shape index (κ3) is 3.76. The molecular formula is C13H29N2+. The molecule has 0 radical (unpaired) electrons. The molecule has 0 heterocycles. The summed E-state index contributed by atoms with van der Waals surface area (Å²) in [6, 6.07) is 0.826. The summed E-state index contributed by atoms with van der Waals surface area (Å²) in [6.07, 6.45) is 5.85. The van der Waals surface area contributed by atoms with Gasteiger partial charge in [0.25, 0.3) is 0 Å². The van der Waals surface area contributed by atoms with Crippen molar-refractivity contribution in [3.63, 3.8) is 0 Å². The molecule has 0 bridgehead atoms. The van der Waals surface area contributed by atoms with Gasteiger partial charge in [-0.2, -0.15) is 0 Å². The Morgan fingerprint density at radius 3 is 2.20 bits per heavy atom. The molecule has 0 N–H and O–H groups in total. The van der Waals surface area contributed by atoms with Gasteiger partial charge in [0.05, 0.1) is 26.7 Å². The van der Waals surface area contributed by atoms with E-state index in [1.54, 1.807) is 0 Å². The average Bonchev–Trinajstić information content (AvgIpc) is 2.66. The van der Waals surface area contributed by atoms with Crippen molar-refractivity contribution in [1.29, 1.82) is 0 Å².